The Kier molecular flexibility index (Phi) is 5.21. The molecule has 0 unspecified atom stereocenters. The molecule has 0 aliphatic carbocycles. The summed E-state index contributed by atoms with van der Waals surface area (Å²) < 4.78 is 14.5. The molecule has 1 heterocycles. The van der Waals surface area contributed by atoms with Gasteiger partial charge in [0.2, 0.25) is 5.91 Å². The van der Waals surface area contributed by atoms with Gasteiger partial charge in [-0.15, -0.1) is 0 Å². The number of carbonyl (C=O) groups excluding carboxylic acids is 1. The maximum Gasteiger partial charge on any atom is 0.234 e. The average Bonchev–Trinajstić information content (AvgIpc) is 2.87. The third-order valence-corrected chi connectivity index (χ3v) is 3.29. The molecule has 1 atom stereocenters. The predicted molar refractivity (Wildman–Crippen MR) is 80.3 cm³/mol. The van der Waals surface area contributed by atoms with Crippen LogP contribution in [0.5, 0.6) is 0 Å². The van der Waals surface area contributed by atoms with Gasteiger partial charge in [-0.05, 0) is 31.7 Å². The van der Waals surface area contributed by atoms with Crippen molar-refractivity contribution >= 4 is 5.91 Å². The molecule has 0 fully saturated rings. The number of hydrogen-bond donors (Lipinski definition) is 1. The zero-order valence-electron chi connectivity index (χ0n) is 13.0. The van der Waals surface area contributed by atoms with E-state index in [0.717, 1.165) is 5.56 Å². The summed E-state index contributed by atoms with van der Waals surface area (Å²) in [6.45, 7) is 2.69. The maximum atomic E-state index is 12.9. The van der Waals surface area contributed by atoms with Gasteiger partial charge in [-0.25, -0.2) is 9.37 Å². The summed E-state index contributed by atoms with van der Waals surface area (Å²) >= 11 is 0. The number of aryl methyl sites for hydroxylation is 1. The summed E-state index contributed by atoms with van der Waals surface area (Å²) in [7, 11) is 3.63. The lowest BCUT2D eigenvalue weighted by molar-refractivity contribution is -0.122. The van der Waals surface area contributed by atoms with Crippen LogP contribution in [-0.4, -0.2) is 39.2 Å². The van der Waals surface area contributed by atoms with Crippen LogP contribution >= 0.6 is 0 Å². The van der Waals surface area contributed by atoms with Crippen LogP contribution in [0.25, 0.3) is 0 Å². The molecule has 0 aliphatic heterocycles. The molecule has 6 nitrogen and oxygen atoms in total. The summed E-state index contributed by atoms with van der Waals surface area (Å²) in [5.41, 5.74) is 0.957. The molecule has 0 saturated carbocycles. The minimum absolute atomic E-state index is 0.0971. The van der Waals surface area contributed by atoms with Crippen LogP contribution in [0, 0.1) is 5.82 Å². The molecule has 0 bridgehead atoms. The van der Waals surface area contributed by atoms with Crippen molar-refractivity contribution in [2.45, 2.75) is 19.5 Å². The number of nitrogens with one attached hydrogen (secondary N) is 1. The highest BCUT2D eigenvalue weighted by molar-refractivity contribution is 5.78. The lowest BCUT2D eigenvalue weighted by atomic mass is 10.2. The van der Waals surface area contributed by atoms with Gasteiger partial charge in [0.1, 0.15) is 18.0 Å². The highest BCUT2D eigenvalue weighted by atomic mass is 19.1. The Hall–Kier alpha value is -2.28. The Balaban J connectivity index is 1.83. The monoisotopic (exact) mass is 305 g/mol. The first kappa shape index (κ1) is 16.1. The molecule has 1 amide bonds. The van der Waals surface area contributed by atoms with Gasteiger partial charge in [-0.1, -0.05) is 12.1 Å². The lowest BCUT2D eigenvalue weighted by Gasteiger charge is -2.18. The first-order valence-electron chi connectivity index (χ1n) is 7.02. The minimum atomic E-state index is -0.262. The molecule has 0 saturated heterocycles. The second kappa shape index (κ2) is 7.13. The largest absolute Gasteiger partial charge is 0.345 e. The van der Waals surface area contributed by atoms with Crippen LogP contribution in [0.3, 0.4) is 0 Å². The van der Waals surface area contributed by atoms with Gasteiger partial charge in [0.15, 0.2) is 0 Å². The van der Waals surface area contributed by atoms with Gasteiger partial charge in [0.05, 0.1) is 12.6 Å². The maximum absolute atomic E-state index is 12.9. The number of likely N-dealkylation sites (N-methyl/N-ethyl adjacent to an activating group) is 1. The van der Waals surface area contributed by atoms with Crippen LogP contribution < -0.4 is 5.32 Å². The number of halogens is 1. The van der Waals surface area contributed by atoms with Crippen LogP contribution in [0.2, 0.25) is 0 Å². The number of benzene rings is 1. The van der Waals surface area contributed by atoms with Crippen molar-refractivity contribution in [1.82, 2.24) is 25.0 Å². The van der Waals surface area contributed by atoms with Crippen LogP contribution in [-0.2, 0) is 18.4 Å². The molecule has 2 aromatic rings. The van der Waals surface area contributed by atoms with Crippen molar-refractivity contribution in [2.75, 3.05) is 13.6 Å². The van der Waals surface area contributed by atoms with Crippen molar-refractivity contribution in [2.24, 2.45) is 7.05 Å². The highest BCUT2D eigenvalue weighted by Gasteiger charge is 2.15. The third kappa shape index (κ3) is 4.36. The second-order valence-corrected chi connectivity index (χ2v) is 5.33. The topological polar surface area (TPSA) is 63.1 Å². The number of nitrogens with zero attached hydrogens (tertiary/aromatic N) is 4. The molecule has 7 heteroatoms. The van der Waals surface area contributed by atoms with Crippen molar-refractivity contribution < 1.29 is 9.18 Å². The van der Waals surface area contributed by atoms with E-state index in [0.29, 0.717) is 12.4 Å². The molecule has 1 N–H and O–H groups in total. The van der Waals surface area contributed by atoms with Crippen molar-refractivity contribution in [1.29, 1.82) is 0 Å². The van der Waals surface area contributed by atoms with E-state index in [-0.39, 0.29) is 24.3 Å². The fourth-order valence-electron chi connectivity index (χ4n) is 2.25. The van der Waals surface area contributed by atoms with Gasteiger partial charge in [-0.3, -0.25) is 14.4 Å². The summed E-state index contributed by atoms with van der Waals surface area (Å²) in [6.07, 6.45) is 1.46. The Bertz CT molecular complexity index is 625. The fraction of sp³-hybridized carbons (Fsp3) is 0.400. The van der Waals surface area contributed by atoms with E-state index in [1.807, 2.05) is 18.9 Å². The standard InChI is InChI=1S/C15H20FN5O/c1-11(15-17-10-18-21(15)3)19-14(22)9-20(2)8-12-4-6-13(16)7-5-12/h4-7,10-11H,8-9H2,1-3H3,(H,19,22)/t11-/m0/s1. The van der Waals surface area contributed by atoms with Gasteiger partial charge >= 0.3 is 0 Å². The van der Waals surface area contributed by atoms with E-state index >= 15 is 0 Å². The SMILES string of the molecule is C[C@H](NC(=O)CN(C)Cc1ccc(F)cc1)c1ncnn1C. The molecule has 118 valence electrons. The zero-order valence-corrected chi connectivity index (χ0v) is 13.0. The van der Waals surface area contributed by atoms with Crippen molar-refractivity contribution in [3.05, 3.63) is 47.8 Å². The lowest BCUT2D eigenvalue weighted by Crippen LogP contribution is -2.37. The van der Waals surface area contributed by atoms with Crippen molar-refractivity contribution in [3.63, 3.8) is 0 Å². The highest BCUT2D eigenvalue weighted by Crippen LogP contribution is 2.08. The van der Waals surface area contributed by atoms with Gasteiger partial charge in [0, 0.05) is 13.6 Å². The molecule has 0 aliphatic rings. The number of aromatic nitrogens is 3. The number of rotatable bonds is 6. The molecule has 2 rings (SSSR count). The normalized spacial score (nSPS) is 12.4. The van der Waals surface area contributed by atoms with E-state index in [9.17, 15) is 9.18 Å². The number of hydrogen-bond acceptors (Lipinski definition) is 4. The van der Waals surface area contributed by atoms with Crippen LogP contribution in [0.15, 0.2) is 30.6 Å². The van der Waals surface area contributed by atoms with Crippen molar-refractivity contribution in [3.8, 4) is 0 Å². The van der Waals surface area contributed by atoms with Gasteiger partial charge in [0.25, 0.3) is 0 Å². The smallest absolute Gasteiger partial charge is 0.234 e. The fourth-order valence-corrected chi connectivity index (χ4v) is 2.25. The Morgan fingerprint density at radius 3 is 2.68 bits per heavy atom. The summed E-state index contributed by atoms with van der Waals surface area (Å²) in [5.74, 6) is 0.344. The molecular formula is C15H20FN5O. The summed E-state index contributed by atoms with van der Waals surface area (Å²) in [4.78, 5) is 18.0. The molecule has 22 heavy (non-hydrogen) atoms. The zero-order chi connectivity index (χ0) is 16.1. The molecule has 0 spiro atoms. The molecule has 0 radical (unpaired) electrons. The number of amides is 1. The molecule has 1 aromatic heterocycles. The van der Waals surface area contributed by atoms with Gasteiger partial charge in [-0.2, -0.15) is 5.10 Å². The molecule has 1 aromatic carbocycles. The Morgan fingerprint density at radius 2 is 2.09 bits per heavy atom. The van der Waals surface area contributed by atoms with Gasteiger partial charge < -0.3 is 5.32 Å². The predicted octanol–water partition coefficient (Wildman–Crippen LogP) is 1.26. The first-order chi connectivity index (χ1) is 10.5. The Labute approximate surface area is 129 Å². The van der Waals surface area contributed by atoms with E-state index in [2.05, 4.69) is 15.4 Å². The summed E-state index contributed by atoms with van der Waals surface area (Å²) in [5, 5.41) is 6.87. The van der Waals surface area contributed by atoms with Crippen LogP contribution in [0.1, 0.15) is 24.4 Å². The van der Waals surface area contributed by atoms with E-state index in [4.69, 9.17) is 0 Å². The minimum Gasteiger partial charge on any atom is -0.345 e. The Morgan fingerprint density at radius 1 is 1.41 bits per heavy atom. The average molecular weight is 305 g/mol. The first-order valence-corrected chi connectivity index (χ1v) is 7.02. The third-order valence-electron chi connectivity index (χ3n) is 3.29. The van der Waals surface area contributed by atoms with E-state index < -0.39 is 0 Å². The quantitative estimate of drug-likeness (QED) is 0.873. The summed E-state index contributed by atoms with van der Waals surface area (Å²) in [6, 6.07) is 6.05. The second-order valence-electron chi connectivity index (χ2n) is 5.33. The van der Waals surface area contributed by atoms with E-state index in [1.54, 1.807) is 23.9 Å². The van der Waals surface area contributed by atoms with Crippen LogP contribution in [0.4, 0.5) is 4.39 Å². The molecular weight excluding hydrogens is 285 g/mol. The number of carbonyl (C=O) groups is 1. The van der Waals surface area contributed by atoms with E-state index in [1.165, 1.54) is 18.5 Å².